The van der Waals surface area contributed by atoms with E-state index in [0.717, 1.165) is 35.4 Å². The molecule has 0 radical (unpaired) electrons. The predicted octanol–water partition coefficient (Wildman–Crippen LogP) is 3.24. The number of aromatic nitrogens is 1. The van der Waals surface area contributed by atoms with E-state index < -0.39 is 0 Å². The summed E-state index contributed by atoms with van der Waals surface area (Å²) in [6, 6.07) is 12.6. The standard InChI is InChI=1S/C21H24N4OS/c1-13-2-7-17-18(22)19(27-21(17)25-13)20(26)24-11-8-14-3-5-15(6-4-14)16-9-10-23-12-16/h2-7,16,23H,8-12,22H2,1H3,(H,24,26)/t16-/m1/s1. The van der Waals surface area contributed by atoms with E-state index in [9.17, 15) is 4.79 Å². The van der Waals surface area contributed by atoms with Gasteiger partial charge in [0.25, 0.3) is 5.91 Å². The normalized spacial score (nSPS) is 16.7. The number of hydrogen-bond acceptors (Lipinski definition) is 5. The molecule has 1 saturated heterocycles. The smallest absolute Gasteiger partial charge is 0.263 e. The van der Waals surface area contributed by atoms with E-state index in [2.05, 4.69) is 39.9 Å². The van der Waals surface area contributed by atoms with Crippen molar-refractivity contribution in [3.05, 3.63) is 58.1 Å². The van der Waals surface area contributed by atoms with Crippen molar-refractivity contribution in [1.82, 2.24) is 15.6 Å². The maximum Gasteiger partial charge on any atom is 0.263 e. The Kier molecular flexibility index (Phi) is 5.09. The second kappa shape index (κ2) is 7.66. The number of thiophene rings is 1. The Morgan fingerprint density at radius 2 is 2.11 bits per heavy atom. The number of anilines is 1. The Morgan fingerprint density at radius 1 is 1.30 bits per heavy atom. The summed E-state index contributed by atoms with van der Waals surface area (Å²) in [7, 11) is 0. The van der Waals surface area contributed by atoms with Crippen molar-refractivity contribution in [3.63, 3.8) is 0 Å². The number of fused-ring (bicyclic) bond motifs is 1. The third-order valence-electron chi connectivity index (χ3n) is 5.15. The summed E-state index contributed by atoms with van der Waals surface area (Å²) in [5, 5.41) is 7.25. The third-order valence-corrected chi connectivity index (χ3v) is 6.26. The molecule has 1 fully saturated rings. The number of carbonyl (C=O) groups excluding carboxylic acids is 1. The molecule has 6 heteroatoms. The van der Waals surface area contributed by atoms with Gasteiger partial charge in [0.2, 0.25) is 0 Å². The lowest BCUT2D eigenvalue weighted by molar-refractivity contribution is 0.0959. The molecule has 3 heterocycles. The molecular formula is C21H24N4OS. The number of aryl methyl sites for hydroxylation is 1. The summed E-state index contributed by atoms with van der Waals surface area (Å²) in [6.45, 7) is 4.70. The van der Waals surface area contributed by atoms with Crippen LogP contribution in [-0.2, 0) is 6.42 Å². The van der Waals surface area contributed by atoms with Crippen molar-refractivity contribution in [2.24, 2.45) is 0 Å². The maximum absolute atomic E-state index is 12.5. The average Bonchev–Trinajstić information content (AvgIpc) is 3.31. The lowest BCUT2D eigenvalue weighted by atomic mass is 9.97. The number of nitrogen functional groups attached to an aromatic ring is 1. The highest BCUT2D eigenvalue weighted by Crippen LogP contribution is 2.32. The van der Waals surface area contributed by atoms with Gasteiger partial charge < -0.3 is 16.4 Å². The zero-order valence-electron chi connectivity index (χ0n) is 15.4. The molecule has 1 aromatic carbocycles. The van der Waals surface area contributed by atoms with Gasteiger partial charge in [0, 0.05) is 24.2 Å². The zero-order chi connectivity index (χ0) is 18.8. The molecule has 0 spiro atoms. The summed E-state index contributed by atoms with van der Waals surface area (Å²) in [4.78, 5) is 18.3. The SMILES string of the molecule is Cc1ccc2c(N)c(C(=O)NCCc3ccc([C@@H]4CCNC4)cc3)sc2n1. The molecule has 140 valence electrons. The average molecular weight is 381 g/mol. The number of rotatable bonds is 5. The fraction of sp³-hybridized carbons (Fsp3) is 0.333. The zero-order valence-corrected chi connectivity index (χ0v) is 16.2. The number of amides is 1. The summed E-state index contributed by atoms with van der Waals surface area (Å²) < 4.78 is 0. The number of benzene rings is 1. The van der Waals surface area contributed by atoms with E-state index in [1.807, 2.05) is 19.1 Å². The van der Waals surface area contributed by atoms with Crippen LogP contribution in [0.1, 0.15) is 38.8 Å². The van der Waals surface area contributed by atoms with Crippen molar-refractivity contribution in [3.8, 4) is 0 Å². The van der Waals surface area contributed by atoms with Crippen LogP contribution >= 0.6 is 11.3 Å². The van der Waals surface area contributed by atoms with Crippen LogP contribution in [0.25, 0.3) is 10.2 Å². The van der Waals surface area contributed by atoms with Gasteiger partial charge in [0.05, 0.1) is 5.69 Å². The first-order chi connectivity index (χ1) is 13.1. The summed E-state index contributed by atoms with van der Waals surface area (Å²) in [5.41, 5.74) is 10.2. The van der Waals surface area contributed by atoms with Crippen molar-refractivity contribution in [1.29, 1.82) is 0 Å². The topological polar surface area (TPSA) is 80.0 Å². The first kappa shape index (κ1) is 17.9. The minimum atomic E-state index is -0.123. The molecule has 1 atom stereocenters. The molecule has 0 aliphatic carbocycles. The van der Waals surface area contributed by atoms with Crippen LogP contribution in [0.4, 0.5) is 5.69 Å². The van der Waals surface area contributed by atoms with Crippen LogP contribution in [0.2, 0.25) is 0 Å². The van der Waals surface area contributed by atoms with Crippen molar-refractivity contribution < 1.29 is 4.79 Å². The largest absolute Gasteiger partial charge is 0.397 e. The molecule has 27 heavy (non-hydrogen) atoms. The second-order valence-corrected chi connectivity index (χ2v) is 8.09. The number of carbonyl (C=O) groups is 1. The Bertz CT molecular complexity index is 958. The van der Waals surface area contributed by atoms with Crippen molar-refractivity contribution >= 4 is 33.1 Å². The van der Waals surface area contributed by atoms with E-state index in [1.54, 1.807) is 0 Å². The van der Waals surface area contributed by atoms with Crippen molar-refractivity contribution in [2.45, 2.75) is 25.7 Å². The van der Waals surface area contributed by atoms with Crippen LogP contribution in [0.3, 0.4) is 0 Å². The molecule has 0 bridgehead atoms. The predicted molar refractivity (Wildman–Crippen MR) is 111 cm³/mol. The highest BCUT2D eigenvalue weighted by molar-refractivity contribution is 7.21. The van der Waals surface area contributed by atoms with Gasteiger partial charge in [-0.05, 0) is 55.5 Å². The number of hydrogen-bond donors (Lipinski definition) is 3. The summed E-state index contributed by atoms with van der Waals surface area (Å²) in [6.07, 6.45) is 2.01. The van der Waals surface area contributed by atoms with Gasteiger partial charge in [-0.15, -0.1) is 11.3 Å². The lowest BCUT2D eigenvalue weighted by Crippen LogP contribution is -2.25. The minimum absolute atomic E-state index is 0.123. The van der Waals surface area contributed by atoms with Gasteiger partial charge in [0.1, 0.15) is 9.71 Å². The molecule has 1 aliphatic heterocycles. The first-order valence-electron chi connectivity index (χ1n) is 9.35. The van der Waals surface area contributed by atoms with Gasteiger partial charge >= 0.3 is 0 Å². The van der Waals surface area contributed by atoms with Crippen LogP contribution in [0, 0.1) is 6.92 Å². The molecule has 0 saturated carbocycles. The Hall–Kier alpha value is -2.44. The van der Waals surface area contributed by atoms with E-state index >= 15 is 0 Å². The third kappa shape index (κ3) is 3.82. The van der Waals surface area contributed by atoms with E-state index in [-0.39, 0.29) is 5.91 Å². The Labute approximate surface area is 163 Å². The Balaban J connectivity index is 1.36. The first-order valence-corrected chi connectivity index (χ1v) is 10.2. The number of nitrogens with zero attached hydrogens (tertiary/aromatic N) is 1. The van der Waals surface area contributed by atoms with Gasteiger partial charge in [-0.25, -0.2) is 4.98 Å². The summed E-state index contributed by atoms with van der Waals surface area (Å²) in [5.74, 6) is 0.508. The molecule has 5 nitrogen and oxygen atoms in total. The van der Waals surface area contributed by atoms with E-state index in [0.29, 0.717) is 23.0 Å². The van der Waals surface area contributed by atoms with Gasteiger partial charge in [-0.2, -0.15) is 0 Å². The summed E-state index contributed by atoms with van der Waals surface area (Å²) >= 11 is 1.35. The molecule has 4 rings (SSSR count). The fourth-order valence-electron chi connectivity index (χ4n) is 3.55. The molecule has 1 aliphatic rings. The molecule has 3 aromatic rings. The number of nitrogens with two attached hydrogens (primary N) is 1. The second-order valence-electron chi connectivity index (χ2n) is 7.09. The van der Waals surface area contributed by atoms with Gasteiger partial charge in [-0.1, -0.05) is 24.3 Å². The number of nitrogens with one attached hydrogen (secondary N) is 2. The molecular weight excluding hydrogens is 356 g/mol. The van der Waals surface area contributed by atoms with Crippen LogP contribution in [0.15, 0.2) is 36.4 Å². The lowest BCUT2D eigenvalue weighted by Gasteiger charge is -2.10. The fourth-order valence-corrected chi connectivity index (χ4v) is 4.61. The van der Waals surface area contributed by atoms with E-state index in [1.165, 1.54) is 28.9 Å². The Morgan fingerprint density at radius 3 is 2.85 bits per heavy atom. The highest BCUT2D eigenvalue weighted by Gasteiger charge is 2.17. The monoisotopic (exact) mass is 380 g/mol. The van der Waals surface area contributed by atoms with Crippen LogP contribution < -0.4 is 16.4 Å². The van der Waals surface area contributed by atoms with Crippen LogP contribution in [0.5, 0.6) is 0 Å². The van der Waals surface area contributed by atoms with Crippen LogP contribution in [-0.4, -0.2) is 30.5 Å². The van der Waals surface area contributed by atoms with E-state index in [4.69, 9.17) is 5.73 Å². The number of pyridine rings is 1. The molecule has 2 aromatic heterocycles. The van der Waals surface area contributed by atoms with Gasteiger partial charge in [-0.3, -0.25) is 4.79 Å². The highest BCUT2D eigenvalue weighted by atomic mass is 32.1. The molecule has 1 amide bonds. The van der Waals surface area contributed by atoms with Gasteiger partial charge in [0.15, 0.2) is 0 Å². The maximum atomic E-state index is 12.5. The minimum Gasteiger partial charge on any atom is -0.397 e. The molecule has 4 N–H and O–H groups in total. The van der Waals surface area contributed by atoms with Crippen molar-refractivity contribution in [2.75, 3.05) is 25.4 Å². The quantitative estimate of drug-likeness (QED) is 0.635. The molecule has 0 unspecified atom stereocenters.